The van der Waals surface area contributed by atoms with Crippen molar-refractivity contribution in [3.63, 3.8) is 0 Å². The molecule has 0 bridgehead atoms. The molecule has 0 aliphatic heterocycles. The maximum atomic E-state index is 9.44. The molecule has 0 saturated heterocycles. The summed E-state index contributed by atoms with van der Waals surface area (Å²) in [5, 5.41) is 9.44. The molecule has 0 radical (unpaired) electrons. The fourth-order valence-electron chi connectivity index (χ4n) is 1.89. The summed E-state index contributed by atoms with van der Waals surface area (Å²) in [6.45, 7) is 3.77. The molecule has 0 aliphatic carbocycles. The van der Waals surface area contributed by atoms with Crippen molar-refractivity contribution >= 4 is 0 Å². The molecular formula is C14H23NO4. The number of ether oxygens (including phenoxy) is 3. The average Bonchev–Trinajstić information content (AvgIpc) is 2.44. The first-order valence-corrected chi connectivity index (χ1v) is 6.08. The third-order valence-electron chi connectivity index (χ3n) is 3.32. The van der Waals surface area contributed by atoms with Crippen molar-refractivity contribution in [1.29, 1.82) is 0 Å². The van der Waals surface area contributed by atoms with Crippen molar-refractivity contribution in [2.75, 3.05) is 27.9 Å². The fraction of sp³-hybridized carbons (Fsp3) is 0.571. The second kappa shape index (κ2) is 6.12. The quantitative estimate of drug-likeness (QED) is 0.822. The van der Waals surface area contributed by atoms with E-state index in [4.69, 9.17) is 19.9 Å². The van der Waals surface area contributed by atoms with E-state index < -0.39 is 5.41 Å². The van der Waals surface area contributed by atoms with E-state index in [1.54, 1.807) is 27.4 Å². The minimum atomic E-state index is -0.465. The summed E-state index contributed by atoms with van der Waals surface area (Å²) >= 11 is 0. The number of hydrogen-bond donors (Lipinski definition) is 2. The van der Waals surface area contributed by atoms with E-state index in [2.05, 4.69) is 0 Å². The van der Waals surface area contributed by atoms with Gasteiger partial charge in [0, 0.05) is 23.6 Å². The molecule has 0 amide bonds. The van der Waals surface area contributed by atoms with Crippen LogP contribution in [0.5, 0.6) is 17.2 Å². The van der Waals surface area contributed by atoms with Crippen molar-refractivity contribution in [2.24, 2.45) is 11.1 Å². The molecule has 0 heterocycles. The minimum Gasteiger partial charge on any atom is -0.493 e. The van der Waals surface area contributed by atoms with Gasteiger partial charge in [-0.2, -0.15) is 0 Å². The number of benzene rings is 1. The number of aliphatic hydroxyl groups is 1. The van der Waals surface area contributed by atoms with Crippen LogP contribution in [0.15, 0.2) is 12.1 Å². The molecular weight excluding hydrogens is 246 g/mol. The molecule has 19 heavy (non-hydrogen) atoms. The third-order valence-corrected chi connectivity index (χ3v) is 3.32. The molecule has 0 aliphatic rings. The zero-order chi connectivity index (χ0) is 14.6. The van der Waals surface area contributed by atoms with Gasteiger partial charge in [0.15, 0.2) is 11.5 Å². The molecule has 1 aromatic rings. The Morgan fingerprint density at radius 2 is 1.68 bits per heavy atom. The van der Waals surface area contributed by atoms with Crippen LogP contribution in [-0.2, 0) is 0 Å². The van der Waals surface area contributed by atoms with Gasteiger partial charge < -0.3 is 25.1 Å². The largest absolute Gasteiger partial charge is 0.493 e. The van der Waals surface area contributed by atoms with Crippen LogP contribution in [0.25, 0.3) is 0 Å². The van der Waals surface area contributed by atoms with E-state index in [0.29, 0.717) is 17.2 Å². The highest BCUT2D eigenvalue weighted by Gasteiger charge is 2.31. The van der Waals surface area contributed by atoms with Crippen LogP contribution >= 0.6 is 0 Å². The van der Waals surface area contributed by atoms with Crippen LogP contribution in [0.1, 0.15) is 25.5 Å². The van der Waals surface area contributed by atoms with E-state index in [-0.39, 0.29) is 12.6 Å². The molecule has 0 aromatic heterocycles. The van der Waals surface area contributed by atoms with E-state index in [1.165, 1.54) is 0 Å². The second-order valence-electron chi connectivity index (χ2n) is 5.05. The smallest absolute Gasteiger partial charge is 0.203 e. The topological polar surface area (TPSA) is 73.9 Å². The predicted molar refractivity (Wildman–Crippen MR) is 73.9 cm³/mol. The van der Waals surface area contributed by atoms with Gasteiger partial charge in [0.2, 0.25) is 5.75 Å². The second-order valence-corrected chi connectivity index (χ2v) is 5.05. The lowest BCUT2D eigenvalue weighted by molar-refractivity contribution is 0.130. The molecule has 0 saturated carbocycles. The first-order chi connectivity index (χ1) is 8.92. The Morgan fingerprint density at radius 3 is 2.11 bits per heavy atom. The molecule has 3 N–H and O–H groups in total. The summed E-state index contributed by atoms with van der Waals surface area (Å²) in [6.07, 6.45) is 0. The molecule has 1 rings (SSSR count). The summed E-state index contributed by atoms with van der Waals surface area (Å²) in [6, 6.07) is 3.24. The zero-order valence-corrected chi connectivity index (χ0v) is 12.2. The molecule has 0 fully saturated rings. The number of rotatable bonds is 6. The lowest BCUT2D eigenvalue weighted by atomic mass is 9.81. The summed E-state index contributed by atoms with van der Waals surface area (Å²) in [5.74, 6) is 1.62. The van der Waals surface area contributed by atoms with Gasteiger partial charge in [-0.25, -0.2) is 0 Å². The van der Waals surface area contributed by atoms with Crippen LogP contribution in [0, 0.1) is 5.41 Å². The van der Waals surface area contributed by atoms with Crippen molar-refractivity contribution < 1.29 is 19.3 Å². The van der Waals surface area contributed by atoms with Gasteiger partial charge in [0.05, 0.1) is 21.3 Å². The lowest BCUT2D eigenvalue weighted by Gasteiger charge is -2.31. The Morgan fingerprint density at radius 1 is 1.11 bits per heavy atom. The standard InChI is InChI=1S/C14H23NO4/c1-14(2,8-16)13(15)9-6-7-10(17-3)12(19-5)11(9)18-4/h6-7,13,16H,8,15H2,1-5H3/t13-/m0/s1. The van der Waals surface area contributed by atoms with Gasteiger partial charge in [0.1, 0.15) is 0 Å². The number of methoxy groups -OCH3 is 3. The Bertz CT molecular complexity index is 432. The minimum absolute atomic E-state index is 0.0222. The van der Waals surface area contributed by atoms with Gasteiger partial charge in [-0.1, -0.05) is 13.8 Å². The highest BCUT2D eigenvalue weighted by Crippen LogP contribution is 2.45. The van der Waals surface area contributed by atoms with E-state index >= 15 is 0 Å². The number of aliphatic hydroxyl groups excluding tert-OH is 1. The average molecular weight is 269 g/mol. The Balaban J connectivity index is 3.36. The van der Waals surface area contributed by atoms with Crippen molar-refractivity contribution in [2.45, 2.75) is 19.9 Å². The Labute approximate surface area is 114 Å². The van der Waals surface area contributed by atoms with Crippen LogP contribution in [-0.4, -0.2) is 33.0 Å². The number of hydrogen-bond acceptors (Lipinski definition) is 5. The van der Waals surface area contributed by atoms with Crippen LogP contribution < -0.4 is 19.9 Å². The monoisotopic (exact) mass is 269 g/mol. The maximum absolute atomic E-state index is 9.44. The van der Waals surface area contributed by atoms with E-state index in [9.17, 15) is 5.11 Å². The predicted octanol–water partition coefficient (Wildman–Crippen LogP) is 1.73. The van der Waals surface area contributed by atoms with Crippen LogP contribution in [0.3, 0.4) is 0 Å². The molecule has 108 valence electrons. The first-order valence-electron chi connectivity index (χ1n) is 6.08. The molecule has 5 nitrogen and oxygen atoms in total. The molecule has 5 heteroatoms. The first kappa shape index (κ1) is 15.6. The van der Waals surface area contributed by atoms with Gasteiger partial charge in [0.25, 0.3) is 0 Å². The zero-order valence-electron chi connectivity index (χ0n) is 12.2. The lowest BCUT2D eigenvalue weighted by Crippen LogP contribution is -2.32. The highest BCUT2D eigenvalue weighted by molar-refractivity contribution is 5.56. The fourth-order valence-corrected chi connectivity index (χ4v) is 1.89. The van der Waals surface area contributed by atoms with Gasteiger partial charge in [-0.05, 0) is 12.1 Å². The summed E-state index contributed by atoms with van der Waals surface area (Å²) < 4.78 is 16.0. The van der Waals surface area contributed by atoms with Gasteiger partial charge in [-0.15, -0.1) is 0 Å². The van der Waals surface area contributed by atoms with Gasteiger partial charge in [-0.3, -0.25) is 0 Å². The normalized spacial score (nSPS) is 13.0. The molecule has 0 unspecified atom stereocenters. The van der Waals surface area contributed by atoms with Crippen molar-refractivity contribution in [1.82, 2.24) is 0 Å². The van der Waals surface area contributed by atoms with Crippen molar-refractivity contribution in [3.8, 4) is 17.2 Å². The van der Waals surface area contributed by atoms with E-state index in [0.717, 1.165) is 5.56 Å². The molecule has 1 aromatic carbocycles. The van der Waals surface area contributed by atoms with Crippen LogP contribution in [0.4, 0.5) is 0 Å². The number of nitrogens with two attached hydrogens (primary N) is 1. The summed E-state index contributed by atoms with van der Waals surface area (Å²) in [5.41, 5.74) is 6.55. The maximum Gasteiger partial charge on any atom is 0.203 e. The molecule has 1 atom stereocenters. The van der Waals surface area contributed by atoms with E-state index in [1.807, 2.05) is 19.9 Å². The Hall–Kier alpha value is -1.46. The SMILES string of the molecule is COc1ccc([C@H](N)C(C)(C)CO)c(OC)c1OC. The van der Waals surface area contributed by atoms with Crippen molar-refractivity contribution in [3.05, 3.63) is 17.7 Å². The highest BCUT2D eigenvalue weighted by atomic mass is 16.5. The summed E-state index contributed by atoms with van der Waals surface area (Å²) in [7, 11) is 4.67. The third kappa shape index (κ3) is 2.93. The summed E-state index contributed by atoms with van der Waals surface area (Å²) in [4.78, 5) is 0. The van der Waals surface area contributed by atoms with Crippen LogP contribution in [0.2, 0.25) is 0 Å². The molecule has 0 spiro atoms. The Kier molecular flexibility index (Phi) is 5.03. The van der Waals surface area contributed by atoms with Gasteiger partial charge >= 0.3 is 0 Å².